The summed E-state index contributed by atoms with van der Waals surface area (Å²) in [7, 11) is -9.17. The molecule has 0 heterocycles. The first-order chi connectivity index (χ1) is 22.9. The highest BCUT2D eigenvalue weighted by Crippen LogP contribution is 2.41. The third-order valence-electron chi connectivity index (χ3n) is 7.27. The minimum absolute atomic E-state index is 0.120. The van der Waals surface area contributed by atoms with Gasteiger partial charge in [-0.3, -0.25) is 9.11 Å². The Morgan fingerprint density at radius 3 is 1.12 bits per heavy atom. The predicted molar refractivity (Wildman–Crippen MR) is 181 cm³/mol. The molecule has 14 heteroatoms. The summed E-state index contributed by atoms with van der Waals surface area (Å²) >= 11 is 0. The van der Waals surface area contributed by atoms with Crippen molar-refractivity contribution >= 4 is 76.7 Å². The molecule has 0 radical (unpaired) electrons. The van der Waals surface area contributed by atoms with Crippen molar-refractivity contribution in [1.29, 1.82) is 0 Å². The van der Waals surface area contributed by atoms with Gasteiger partial charge < -0.3 is 10.2 Å². The molecule has 0 aliphatic carbocycles. The van der Waals surface area contributed by atoms with Crippen LogP contribution in [0.15, 0.2) is 139 Å². The first-order valence-electron chi connectivity index (χ1n) is 14.0. The van der Waals surface area contributed by atoms with Gasteiger partial charge in [-0.25, -0.2) is 0 Å². The molecule has 0 unspecified atom stereocenters. The van der Waals surface area contributed by atoms with Crippen molar-refractivity contribution < 1.29 is 36.2 Å². The van der Waals surface area contributed by atoms with Gasteiger partial charge in [0.25, 0.3) is 20.2 Å². The molecule has 0 bridgehead atoms. The fraction of sp³-hybridized carbons (Fsp3) is 0. The molecule has 240 valence electrons. The summed E-state index contributed by atoms with van der Waals surface area (Å²) in [4.78, 5) is -0.778. The van der Waals surface area contributed by atoms with E-state index in [1.54, 1.807) is 72.8 Å². The Morgan fingerprint density at radius 1 is 0.458 bits per heavy atom. The molecule has 12 nitrogen and oxygen atoms in total. The van der Waals surface area contributed by atoms with Crippen molar-refractivity contribution in [1.82, 2.24) is 0 Å². The second-order valence-corrected chi connectivity index (χ2v) is 13.2. The third-order valence-corrected chi connectivity index (χ3v) is 9.06. The van der Waals surface area contributed by atoms with Gasteiger partial charge >= 0.3 is 0 Å². The highest BCUT2D eigenvalue weighted by Gasteiger charge is 2.20. The molecule has 0 atom stereocenters. The monoisotopic (exact) mass is 680 g/mol. The summed E-state index contributed by atoms with van der Waals surface area (Å²) in [6.45, 7) is 0. The number of phenolic OH excluding ortho intramolecular Hbond substituents is 2. The minimum atomic E-state index is -4.58. The molecule has 0 spiro atoms. The Bertz CT molecular complexity index is 2340. The second-order valence-electron chi connectivity index (χ2n) is 10.4. The normalized spacial score (nSPS) is 12.6. The van der Waals surface area contributed by atoms with Crippen molar-refractivity contribution in [3.63, 3.8) is 0 Å². The zero-order chi connectivity index (χ0) is 34.1. The Hall–Kier alpha value is -5.80. The SMILES string of the molecule is O=S(=O)(O)c1cc(N=Nc2ccc(/C=C/c3ccc(N=Nc4cc(S(=O)(=O)O)c5ccccc5c4O)cc3)cc2)c(O)c2ccccc12. The fourth-order valence-corrected chi connectivity index (χ4v) is 6.36. The van der Waals surface area contributed by atoms with Gasteiger partial charge in [0, 0.05) is 21.5 Å². The number of benzene rings is 6. The van der Waals surface area contributed by atoms with Crippen LogP contribution in [0.4, 0.5) is 22.7 Å². The zero-order valence-electron chi connectivity index (χ0n) is 24.6. The summed E-state index contributed by atoms with van der Waals surface area (Å²) in [6, 6.07) is 28.4. The number of fused-ring (bicyclic) bond motifs is 2. The first-order valence-corrected chi connectivity index (χ1v) is 16.9. The van der Waals surface area contributed by atoms with Gasteiger partial charge in [-0.1, -0.05) is 84.9 Å². The van der Waals surface area contributed by atoms with Gasteiger partial charge in [-0.15, -0.1) is 10.2 Å². The molecule has 6 aromatic carbocycles. The number of nitrogens with zero attached hydrogens (tertiary/aromatic N) is 4. The third kappa shape index (κ3) is 6.82. The van der Waals surface area contributed by atoms with E-state index in [1.807, 2.05) is 12.2 Å². The van der Waals surface area contributed by atoms with Crippen molar-refractivity contribution in [2.45, 2.75) is 9.79 Å². The van der Waals surface area contributed by atoms with Gasteiger partial charge in [0.05, 0.1) is 11.4 Å². The van der Waals surface area contributed by atoms with Gasteiger partial charge in [-0.05, 0) is 47.5 Å². The number of azo groups is 2. The van der Waals surface area contributed by atoms with E-state index < -0.39 is 20.2 Å². The molecule has 0 aromatic heterocycles. The molecule has 48 heavy (non-hydrogen) atoms. The van der Waals surface area contributed by atoms with Crippen LogP contribution in [0.3, 0.4) is 0 Å². The minimum Gasteiger partial charge on any atom is -0.505 e. The van der Waals surface area contributed by atoms with E-state index in [4.69, 9.17) is 0 Å². The van der Waals surface area contributed by atoms with Crippen LogP contribution < -0.4 is 0 Å². The number of hydrogen-bond donors (Lipinski definition) is 4. The van der Waals surface area contributed by atoms with E-state index >= 15 is 0 Å². The number of rotatable bonds is 8. The highest BCUT2D eigenvalue weighted by molar-refractivity contribution is 7.86. The van der Waals surface area contributed by atoms with Crippen LogP contribution in [0.1, 0.15) is 11.1 Å². The van der Waals surface area contributed by atoms with Crippen LogP contribution in [0.5, 0.6) is 11.5 Å². The molecule has 0 fully saturated rings. The molecule has 0 aliphatic heterocycles. The van der Waals surface area contributed by atoms with Crippen LogP contribution in [0.25, 0.3) is 33.7 Å². The van der Waals surface area contributed by atoms with E-state index in [1.165, 1.54) is 24.3 Å². The molecular formula is C34H24N4O8S2. The standard InChI is InChI=1S/C34H24N4O8S2/c39-33-27-7-3-1-5-25(27)31(47(41,42)43)19-29(33)37-35-23-15-11-21(12-16-23)9-10-22-13-17-24(18-14-22)36-38-30-20-32(48(44,45)46)26-6-2-4-8-28(26)34(30)40/h1-20,39-40H,(H,41,42,43)(H,44,45,46)/b10-9+,37-35?,38-36?. The Morgan fingerprint density at radius 2 is 0.792 bits per heavy atom. The van der Waals surface area contributed by atoms with Crippen LogP contribution >= 0.6 is 0 Å². The maximum Gasteiger partial charge on any atom is 0.295 e. The first kappa shape index (κ1) is 32.2. The lowest BCUT2D eigenvalue weighted by Gasteiger charge is -2.08. The summed E-state index contributed by atoms with van der Waals surface area (Å²) < 4.78 is 67.0. The Labute approximate surface area is 274 Å². The maximum atomic E-state index is 11.9. The van der Waals surface area contributed by atoms with E-state index in [-0.39, 0.29) is 54.2 Å². The number of hydrogen-bond acceptors (Lipinski definition) is 10. The maximum absolute atomic E-state index is 11.9. The van der Waals surface area contributed by atoms with Crippen LogP contribution in [-0.4, -0.2) is 36.2 Å². The molecular weight excluding hydrogens is 657 g/mol. The molecule has 0 saturated heterocycles. The van der Waals surface area contributed by atoms with E-state index in [0.29, 0.717) is 11.4 Å². The average Bonchev–Trinajstić information content (AvgIpc) is 3.07. The zero-order valence-corrected chi connectivity index (χ0v) is 26.2. The van der Waals surface area contributed by atoms with Gasteiger partial charge in [0.1, 0.15) is 21.2 Å². The molecule has 4 N–H and O–H groups in total. The van der Waals surface area contributed by atoms with E-state index in [0.717, 1.165) is 23.3 Å². The van der Waals surface area contributed by atoms with Crippen molar-refractivity contribution in [2.75, 3.05) is 0 Å². The molecule has 0 aliphatic rings. The van der Waals surface area contributed by atoms with E-state index in [2.05, 4.69) is 20.5 Å². The molecule has 0 amide bonds. The largest absolute Gasteiger partial charge is 0.505 e. The fourth-order valence-electron chi connectivity index (χ4n) is 4.92. The second kappa shape index (κ2) is 12.8. The topological polar surface area (TPSA) is 199 Å². The quantitative estimate of drug-likeness (QED) is 0.0693. The van der Waals surface area contributed by atoms with Crippen LogP contribution in [-0.2, 0) is 20.2 Å². The lowest BCUT2D eigenvalue weighted by Crippen LogP contribution is -1.99. The average molecular weight is 681 g/mol. The lowest BCUT2D eigenvalue weighted by molar-refractivity contribution is 0.477. The predicted octanol–water partition coefficient (Wildman–Crippen LogP) is 8.90. The summed E-state index contributed by atoms with van der Waals surface area (Å²) in [6.07, 6.45) is 3.71. The number of aromatic hydroxyl groups is 2. The highest BCUT2D eigenvalue weighted by atomic mass is 32.2. The summed E-state index contributed by atoms with van der Waals surface area (Å²) in [5, 5.41) is 38.2. The van der Waals surface area contributed by atoms with Crippen molar-refractivity contribution in [3.8, 4) is 11.5 Å². The number of phenols is 2. The van der Waals surface area contributed by atoms with Crippen LogP contribution in [0, 0.1) is 0 Å². The van der Waals surface area contributed by atoms with E-state index in [9.17, 15) is 36.2 Å². The van der Waals surface area contributed by atoms with Crippen LogP contribution in [0.2, 0.25) is 0 Å². The lowest BCUT2D eigenvalue weighted by atomic mass is 10.1. The van der Waals surface area contributed by atoms with Gasteiger partial charge in [0.15, 0.2) is 11.5 Å². The van der Waals surface area contributed by atoms with Gasteiger partial charge in [-0.2, -0.15) is 27.1 Å². The molecule has 0 saturated carbocycles. The van der Waals surface area contributed by atoms with Gasteiger partial charge in [0.2, 0.25) is 0 Å². The van der Waals surface area contributed by atoms with Crippen molar-refractivity contribution in [2.24, 2.45) is 20.5 Å². The Balaban J connectivity index is 1.16. The smallest absolute Gasteiger partial charge is 0.295 e. The summed E-state index contributed by atoms with van der Waals surface area (Å²) in [5.41, 5.74) is 2.30. The Kier molecular flexibility index (Phi) is 8.56. The molecule has 6 aromatic rings. The van der Waals surface area contributed by atoms with Crippen molar-refractivity contribution in [3.05, 3.63) is 120 Å². The molecule has 6 rings (SSSR count). The summed E-state index contributed by atoms with van der Waals surface area (Å²) in [5.74, 6) is -0.543.